The maximum Gasteiger partial charge on any atom is 0.185 e. The lowest BCUT2D eigenvalue weighted by Gasteiger charge is -2.37. The summed E-state index contributed by atoms with van der Waals surface area (Å²) in [5.74, 6) is -0.760. The Morgan fingerprint density at radius 1 is 0.756 bits per heavy atom. The standard InChI is InChI=1S/C35H27NO5/c1-40-27-18-10-16-25(32(27)41-2)29-30(31(37)22-12-4-3-5-13-22)36-26-17-9-6-11-21(26)19-20-28(36)35(29)33(38)23-14-7-8-15-24(23)34(35)39/h3-20,28-30H,1-2H3/t28-,29+,30-/m1/s1. The molecule has 0 amide bonds. The molecule has 7 rings (SSSR count). The maximum atomic E-state index is 14.8. The fourth-order valence-electron chi connectivity index (χ4n) is 7.19. The van der Waals surface area contributed by atoms with Gasteiger partial charge >= 0.3 is 0 Å². The second-order valence-corrected chi connectivity index (χ2v) is 10.6. The molecular weight excluding hydrogens is 514 g/mol. The van der Waals surface area contributed by atoms with Crippen LogP contribution in [0, 0.1) is 5.41 Å². The predicted octanol–water partition coefficient (Wildman–Crippen LogP) is 6.02. The highest BCUT2D eigenvalue weighted by Crippen LogP contribution is 2.62. The Kier molecular flexibility index (Phi) is 5.68. The van der Waals surface area contributed by atoms with Crippen LogP contribution in [-0.4, -0.2) is 43.7 Å². The van der Waals surface area contributed by atoms with Crippen LogP contribution in [0.4, 0.5) is 5.69 Å². The van der Waals surface area contributed by atoms with Crippen molar-refractivity contribution in [1.82, 2.24) is 0 Å². The Hall–Kier alpha value is -4.97. The molecule has 1 fully saturated rings. The highest BCUT2D eigenvalue weighted by molar-refractivity contribution is 6.32. The predicted molar refractivity (Wildman–Crippen MR) is 156 cm³/mol. The molecule has 0 aromatic heterocycles. The fourth-order valence-corrected chi connectivity index (χ4v) is 7.19. The number of rotatable bonds is 5. The molecule has 0 unspecified atom stereocenters. The number of nitrogens with zero attached hydrogens (tertiary/aromatic N) is 1. The monoisotopic (exact) mass is 541 g/mol. The third kappa shape index (κ3) is 3.27. The van der Waals surface area contributed by atoms with Crippen LogP contribution in [0.15, 0.2) is 103 Å². The van der Waals surface area contributed by atoms with Crippen LogP contribution in [-0.2, 0) is 0 Å². The summed E-state index contributed by atoms with van der Waals surface area (Å²) < 4.78 is 11.5. The van der Waals surface area contributed by atoms with Gasteiger partial charge in [0.2, 0.25) is 0 Å². The van der Waals surface area contributed by atoms with E-state index < -0.39 is 23.4 Å². The average Bonchev–Trinajstić information content (AvgIpc) is 3.46. The normalized spacial score (nSPS) is 21.4. The van der Waals surface area contributed by atoms with Crippen molar-refractivity contribution in [3.63, 3.8) is 0 Å². The van der Waals surface area contributed by atoms with Gasteiger partial charge in [-0.05, 0) is 17.7 Å². The van der Waals surface area contributed by atoms with E-state index in [1.807, 2.05) is 71.6 Å². The van der Waals surface area contributed by atoms with Crippen LogP contribution in [0.1, 0.15) is 48.1 Å². The van der Waals surface area contributed by atoms with Crippen LogP contribution >= 0.6 is 0 Å². The lowest BCUT2D eigenvalue weighted by molar-refractivity contribution is 0.0664. The molecule has 4 aromatic carbocycles. The first-order valence-electron chi connectivity index (χ1n) is 13.6. The first kappa shape index (κ1) is 25.0. The topological polar surface area (TPSA) is 72.9 Å². The second kappa shape index (κ2) is 9.30. The second-order valence-electron chi connectivity index (χ2n) is 10.6. The molecule has 0 bridgehead atoms. The molecular formula is C35H27NO5. The van der Waals surface area contributed by atoms with Gasteiger partial charge in [0, 0.05) is 33.9 Å². The third-order valence-electron chi connectivity index (χ3n) is 8.81. The highest BCUT2D eigenvalue weighted by Gasteiger charge is 2.72. The van der Waals surface area contributed by atoms with E-state index in [-0.39, 0.29) is 17.3 Å². The van der Waals surface area contributed by atoms with Crippen molar-refractivity contribution in [3.8, 4) is 11.5 Å². The average molecular weight is 542 g/mol. The number of carbonyl (C=O) groups is 3. The van der Waals surface area contributed by atoms with Gasteiger partial charge in [-0.1, -0.05) is 97.1 Å². The summed E-state index contributed by atoms with van der Waals surface area (Å²) in [6.07, 6.45) is 3.87. The molecule has 3 atom stereocenters. The van der Waals surface area contributed by atoms with Gasteiger partial charge in [0.15, 0.2) is 28.8 Å². The Morgan fingerprint density at radius 3 is 2.10 bits per heavy atom. The molecule has 1 saturated heterocycles. The summed E-state index contributed by atoms with van der Waals surface area (Å²) in [4.78, 5) is 46.3. The molecule has 6 heteroatoms. The molecule has 0 saturated carbocycles. The van der Waals surface area contributed by atoms with Gasteiger partial charge in [0.05, 0.1) is 20.3 Å². The quantitative estimate of drug-likeness (QED) is 0.227. The van der Waals surface area contributed by atoms with E-state index in [1.165, 1.54) is 7.11 Å². The molecule has 6 nitrogen and oxygen atoms in total. The minimum atomic E-state index is -1.61. The van der Waals surface area contributed by atoms with E-state index >= 15 is 0 Å². The molecule has 3 aliphatic rings. The number of carbonyl (C=O) groups excluding carboxylic acids is 3. The fraction of sp³-hybridized carbons (Fsp3) is 0.171. The number of benzene rings is 4. The zero-order valence-electron chi connectivity index (χ0n) is 22.6. The molecule has 41 heavy (non-hydrogen) atoms. The lowest BCUT2D eigenvalue weighted by atomic mass is 9.64. The minimum absolute atomic E-state index is 0.177. The van der Waals surface area contributed by atoms with Gasteiger partial charge in [-0.3, -0.25) is 14.4 Å². The lowest BCUT2D eigenvalue weighted by Crippen LogP contribution is -2.48. The highest BCUT2D eigenvalue weighted by atomic mass is 16.5. The number of anilines is 1. The molecule has 0 radical (unpaired) electrons. The van der Waals surface area contributed by atoms with Gasteiger partial charge in [-0.2, -0.15) is 0 Å². The van der Waals surface area contributed by atoms with Crippen LogP contribution < -0.4 is 14.4 Å². The molecule has 0 N–H and O–H groups in total. The van der Waals surface area contributed by atoms with E-state index in [0.717, 1.165) is 11.3 Å². The van der Waals surface area contributed by atoms with Gasteiger partial charge in [0.25, 0.3) is 0 Å². The Labute approximate surface area is 237 Å². The molecule has 202 valence electrons. The van der Waals surface area contributed by atoms with Crippen molar-refractivity contribution in [2.75, 3.05) is 19.1 Å². The van der Waals surface area contributed by atoms with Crippen molar-refractivity contribution >= 4 is 29.1 Å². The third-order valence-corrected chi connectivity index (χ3v) is 8.81. The van der Waals surface area contributed by atoms with Crippen LogP contribution in [0.3, 0.4) is 0 Å². The maximum absolute atomic E-state index is 14.8. The van der Waals surface area contributed by atoms with Crippen molar-refractivity contribution in [2.45, 2.75) is 18.0 Å². The number of hydrogen-bond acceptors (Lipinski definition) is 6. The van der Waals surface area contributed by atoms with Gasteiger partial charge in [0.1, 0.15) is 11.5 Å². The van der Waals surface area contributed by atoms with Gasteiger partial charge in [-0.15, -0.1) is 0 Å². The summed E-state index contributed by atoms with van der Waals surface area (Å²) in [6.45, 7) is 0. The van der Waals surface area contributed by atoms with Gasteiger partial charge < -0.3 is 14.4 Å². The zero-order chi connectivity index (χ0) is 28.3. The van der Waals surface area contributed by atoms with Crippen molar-refractivity contribution in [2.24, 2.45) is 5.41 Å². The van der Waals surface area contributed by atoms with Crippen LogP contribution in [0.5, 0.6) is 11.5 Å². The first-order valence-corrected chi connectivity index (χ1v) is 13.6. The number of hydrogen-bond donors (Lipinski definition) is 0. The largest absolute Gasteiger partial charge is 0.493 e. The SMILES string of the molecule is COc1cccc([C@H]2[C@H](C(=O)c3ccccc3)N3c4ccccc4C=C[C@@H]3C23C(=O)c2ccccc2C3=O)c1OC. The van der Waals surface area contributed by atoms with Crippen molar-refractivity contribution < 1.29 is 23.9 Å². The Balaban J connectivity index is 1.59. The number of para-hydroxylation sites is 2. The summed E-state index contributed by atoms with van der Waals surface area (Å²) in [6, 6.07) is 27.6. The molecule has 2 heterocycles. The van der Waals surface area contributed by atoms with Crippen molar-refractivity contribution in [1.29, 1.82) is 0 Å². The molecule has 1 aliphatic carbocycles. The summed E-state index contributed by atoms with van der Waals surface area (Å²) in [5.41, 5.74) is 1.95. The van der Waals surface area contributed by atoms with Crippen LogP contribution in [0.2, 0.25) is 0 Å². The minimum Gasteiger partial charge on any atom is -0.493 e. The number of methoxy groups -OCH3 is 2. The first-order chi connectivity index (χ1) is 20.0. The summed E-state index contributed by atoms with van der Waals surface area (Å²) in [5, 5.41) is 0. The number of Topliss-reactive ketones (excluding diaryl/α,β-unsaturated/α-hetero) is 3. The van der Waals surface area contributed by atoms with Crippen LogP contribution in [0.25, 0.3) is 6.08 Å². The van der Waals surface area contributed by atoms with E-state index in [1.54, 1.807) is 49.6 Å². The molecule has 4 aromatic rings. The summed E-state index contributed by atoms with van der Waals surface area (Å²) in [7, 11) is 3.08. The molecule has 1 spiro atoms. The Morgan fingerprint density at radius 2 is 1.41 bits per heavy atom. The number of ketones is 3. The number of fused-ring (bicyclic) bond motifs is 5. The van der Waals surface area contributed by atoms with Crippen molar-refractivity contribution in [3.05, 3.63) is 131 Å². The van der Waals surface area contributed by atoms with E-state index in [9.17, 15) is 14.4 Å². The summed E-state index contributed by atoms with van der Waals surface area (Å²) >= 11 is 0. The van der Waals surface area contributed by atoms with Gasteiger partial charge in [-0.25, -0.2) is 0 Å². The Bertz CT molecular complexity index is 1720. The zero-order valence-corrected chi connectivity index (χ0v) is 22.6. The van der Waals surface area contributed by atoms with E-state index in [0.29, 0.717) is 33.8 Å². The van der Waals surface area contributed by atoms with E-state index in [4.69, 9.17) is 9.47 Å². The van der Waals surface area contributed by atoms with E-state index in [2.05, 4.69) is 0 Å². The number of ether oxygens (including phenoxy) is 2. The molecule has 2 aliphatic heterocycles. The smallest absolute Gasteiger partial charge is 0.185 e.